The molecule has 0 aliphatic heterocycles. The molecule has 0 aromatic carbocycles. The molecule has 0 aromatic rings. The second kappa shape index (κ2) is 9.78. The molecule has 19 heavy (non-hydrogen) atoms. The van der Waals surface area contributed by atoms with Crippen LogP contribution in [0.5, 0.6) is 0 Å². The molecule has 5 heteroatoms. The molecule has 0 rings (SSSR count). The summed E-state index contributed by atoms with van der Waals surface area (Å²) in [6.07, 6.45) is 1.95. The van der Waals surface area contributed by atoms with Crippen molar-refractivity contribution in [2.75, 3.05) is 32.7 Å². The third-order valence-electron chi connectivity index (χ3n) is 3.41. The minimum Gasteiger partial charge on any atom is -0.481 e. The molecule has 0 saturated heterocycles. The first-order valence-electron chi connectivity index (χ1n) is 7.13. The largest absolute Gasteiger partial charge is 0.481 e. The molecule has 1 unspecified atom stereocenters. The number of nitrogens with zero attached hydrogens (tertiary/aromatic N) is 2. The highest BCUT2D eigenvalue weighted by atomic mass is 16.4. The smallest absolute Gasteiger partial charge is 0.308 e. The van der Waals surface area contributed by atoms with E-state index in [0.29, 0.717) is 13.1 Å². The Bertz CT molecular complexity index is 278. The predicted molar refractivity (Wildman–Crippen MR) is 76.1 cm³/mol. The highest BCUT2D eigenvalue weighted by molar-refractivity contribution is 5.75. The van der Waals surface area contributed by atoms with Gasteiger partial charge in [-0.1, -0.05) is 20.8 Å². The first-order valence-corrected chi connectivity index (χ1v) is 7.13. The van der Waals surface area contributed by atoms with Gasteiger partial charge in [0.2, 0.25) is 5.91 Å². The molecular formula is C14H28N2O3. The molecule has 1 atom stereocenters. The number of aliphatic carboxylic acids is 1. The van der Waals surface area contributed by atoms with Crippen LogP contribution in [0.15, 0.2) is 0 Å². The van der Waals surface area contributed by atoms with E-state index in [1.165, 1.54) is 6.92 Å². The van der Waals surface area contributed by atoms with Crippen molar-refractivity contribution in [1.29, 1.82) is 0 Å². The van der Waals surface area contributed by atoms with E-state index in [2.05, 4.69) is 18.7 Å². The van der Waals surface area contributed by atoms with E-state index in [1.54, 1.807) is 11.8 Å². The van der Waals surface area contributed by atoms with E-state index in [0.717, 1.165) is 32.5 Å². The average Bonchev–Trinajstić information content (AvgIpc) is 2.36. The van der Waals surface area contributed by atoms with E-state index in [-0.39, 0.29) is 5.91 Å². The zero-order chi connectivity index (χ0) is 14.8. The van der Waals surface area contributed by atoms with Crippen LogP contribution in [-0.4, -0.2) is 59.5 Å². The molecule has 0 bridgehead atoms. The molecule has 0 radical (unpaired) electrons. The lowest BCUT2D eigenvalue weighted by molar-refractivity contribution is -0.142. The Morgan fingerprint density at radius 2 is 1.63 bits per heavy atom. The van der Waals surface area contributed by atoms with Crippen molar-refractivity contribution >= 4 is 11.9 Å². The van der Waals surface area contributed by atoms with E-state index < -0.39 is 11.9 Å². The van der Waals surface area contributed by atoms with Crippen molar-refractivity contribution in [2.24, 2.45) is 5.92 Å². The number of hydrogen-bond donors (Lipinski definition) is 1. The second-order valence-corrected chi connectivity index (χ2v) is 4.94. The Morgan fingerprint density at radius 3 is 2.05 bits per heavy atom. The molecular weight excluding hydrogens is 244 g/mol. The zero-order valence-corrected chi connectivity index (χ0v) is 12.7. The van der Waals surface area contributed by atoms with Crippen LogP contribution in [0.4, 0.5) is 0 Å². The van der Waals surface area contributed by atoms with Crippen molar-refractivity contribution < 1.29 is 14.7 Å². The first-order chi connectivity index (χ1) is 8.92. The summed E-state index contributed by atoms with van der Waals surface area (Å²) in [4.78, 5) is 26.3. The Kier molecular flexibility index (Phi) is 9.21. The fourth-order valence-electron chi connectivity index (χ4n) is 1.96. The maximum atomic E-state index is 11.5. The average molecular weight is 272 g/mol. The fourth-order valence-corrected chi connectivity index (χ4v) is 1.96. The molecule has 0 spiro atoms. The number of carbonyl (C=O) groups is 2. The van der Waals surface area contributed by atoms with Gasteiger partial charge in [0.1, 0.15) is 0 Å². The van der Waals surface area contributed by atoms with Crippen LogP contribution < -0.4 is 0 Å². The van der Waals surface area contributed by atoms with Crippen molar-refractivity contribution in [3.63, 3.8) is 0 Å². The fraction of sp³-hybridized carbons (Fsp3) is 0.857. The monoisotopic (exact) mass is 272 g/mol. The third-order valence-corrected chi connectivity index (χ3v) is 3.41. The van der Waals surface area contributed by atoms with Gasteiger partial charge >= 0.3 is 5.97 Å². The van der Waals surface area contributed by atoms with Gasteiger partial charge in [0, 0.05) is 20.0 Å². The molecule has 0 aromatic heterocycles. The summed E-state index contributed by atoms with van der Waals surface area (Å²) < 4.78 is 0. The van der Waals surface area contributed by atoms with Crippen LogP contribution in [0.25, 0.3) is 0 Å². The van der Waals surface area contributed by atoms with E-state index in [4.69, 9.17) is 5.11 Å². The van der Waals surface area contributed by atoms with Crippen LogP contribution in [0.3, 0.4) is 0 Å². The number of rotatable bonds is 10. The van der Waals surface area contributed by atoms with Crippen molar-refractivity contribution in [3.8, 4) is 0 Å². The van der Waals surface area contributed by atoms with Crippen molar-refractivity contribution in [2.45, 2.75) is 40.5 Å². The lowest BCUT2D eigenvalue weighted by Gasteiger charge is -2.24. The summed E-state index contributed by atoms with van der Waals surface area (Å²) in [5, 5.41) is 8.88. The van der Waals surface area contributed by atoms with E-state index in [1.807, 2.05) is 0 Å². The van der Waals surface area contributed by atoms with Crippen LogP contribution in [0.1, 0.15) is 40.5 Å². The van der Waals surface area contributed by atoms with Crippen molar-refractivity contribution in [1.82, 2.24) is 9.80 Å². The molecule has 0 saturated carbocycles. The number of carboxylic acids is 1. The molecule has 112 valence electrons. The van der Waals surface area contributed by atoms with Crippen LogP contribution in [0, 0.1) is 5.92 Å². The van der Waals surface area contributed by atoms with Gasteiger partial charge in [-0.3, -0.25) is 9.59 Å². The van der Waals surface area contributed by atoms with Gasteiger partial charge in [0.05, 0.1) is 5.92 Å². The number of amides is 1. The third kappa shape index (κ3) is 7.82. The lowest BCUT2D eigenvalue weighted by atomic mass is 10.1. The number of unbranched alkanes of at least 4 members (excludes halogenated alkanes) is 1. The molecule has 0 aliphatic rings. The highest BCUT2D eigenvalue weighted by Crippen LogP contribution is 2.04. The van der Waals surface area contributed by atoms with Gasteiger partial charge in [-0.2, -0.15) is 0 Å². The highest BCUT2D eigenvalue weighted by Gasteiger charge is 2.17. The van der Waals surface area contributed by atoms with E-state index in [9.17, 15) is 9.59 Å². The molecule has 0 heterocycles. The predicted octanol–water partition coefficient (Wildman–Crippen LogP) is 1.68. The number of carboxylic acid groups (broad SMARTS) is 1. The SMILES string of the molecule is CCN(CC)CCCCN(CC(C)C(=O)O)C(C)=O. The van der Waals surface area contributed by atoms with Gasteiger partial charge < -0.3 is 14.9 Å². The topological polar surface area (TPSA) is 60.9 Å². The summed E-state index contributed by atoms with van der Waals surface area (Å²) in [6.45, 7) is 11.5. The Hall–Kier alpha value is -1.10. The van der Waals surface area contributed by atoms with Gasteiger partial charge in [0.25, 0.3) is 0 Å². The standard InChI is InChI=1S/C14H28N2O3/c1-5-15(6-2)9-7-8-10-16(13(4)17)11-12(3)14(18)19/h12H,5-11H2,1-4H3,(H,18,19). The Labute approximate surface area is 116 Å². The summed E-state index contributed by atoms with van der Waals surface area (Å²) >= 11 is 0. The van der Waals surface area contributed by atoms with Crippen molar-refractivity contribution in [3.05, 3.63) is 0 Å². The van der Waals surface area contributed by atoms with Gasteiger partial charge in [0.15, 0.2) is 0 Å². The molecule has 0 fully saturated rings. The Morgan fingerprint density at radius 1 is 1.11 bits per heavy atom. The minimum atomic E-state index is -0.852. The van der Waals surface area contributed by atoms with Crippen LogP contribution >= 0.6 is 0 Å². The molecule has 1 N–H and O–H groups in total. The Balaban J connectivity index is 4.02. The summed E-state index contributed by atoms with van der Waals surface area (Å²) in [5.74, 6) is -1.41. The normalized spacial score (nSPS) is 12.5. The maximum absolute atomic E-state index is 11.5. The van der Waals surface area contributed by atoms with Gasteiger partial charge in [-0.15, -0.1) is 0 Å². The van der Waals surface area contributed by atoms with Gasteiger partial charge in [-0.05, 0) is 32.5 Å². The second-order valence-electron chi connectivity index (χ2n) is 4.94. The number of carbonyl (C=O) groups excluding carboxylic acids is 1. The summed E-state index contributed by atoms with van der Waals surface area (Å²) in [7, 11) is 0. The summed E-state index contributed by atoms with van der Waals surface area (Å²) in [5.41, 5.74) is 0. The maximum Gasteiger partial charge on any atom is 0.308 e. The molecule has 5 nitrogen and oxygen atoms in total. The molecule has 0 aliphatic carbocycles. The van der Waals surface area contributed by atoms with Crippen LogP contribution in [-0.2, 0) is 9.59 Å². The quantitative estimate of drug-likeness (QED) is 0.615. The zero-order valence-electron chi connectivity index (χ0n) is 12.7. The minimum absolute atomic E-state index is 0.0454. The first kappa shape index (κ1) is 17.9. The van der Waals surface area contributed by atoms with E-state index >= 15 is 0 Å². The van der Waals surface area contributed by atoms with Crippen LogP contribution in [0.2, 0.25) is 0 Å². The summed E-state index contributed by atoms with van der Waals surface area (Å²) in [6, 6.07) is 0. The number of hydrogen-bond acceptors (Lipinski definition) is 3. The lowest BCUT2D eigenvalue weighted by Crippen LogP contribution is -2.36. The van der Waals surface area contributed by atoms with Gasteiger partial charge in [-0.25, -0.2) is 0 Å². The molecule has 1 amide bonds.